The molecular weight excluding hydrogens is 401 g/mol. The molecule has 4 rings (SSSR count). The second-order valence-corrected chi connectivity index (χ2v) is 7.73. The molecule has 1 unspecified atom stereocenters. The number of fused-ring (bicyclic) bond motifs is 1. The third-order valence-electron chi connectivity index (χ3n) is 5.77. The van der Waals surface area contributed by atoms with Gasteiger partial charge in [-0.3, -0.25) is 19.3 Å². The first-order valence-corrected chi connectivity index (χ1v) is 10.2. The van der Waals surface area contributed by atoms with Crippen molar-refractivity contribution in [2.24, 2.45) is 0 Å². The van der Waals surface area contributed by atoms with Crippen molar-refractivity contribution >= 4 is 29.0 Å². The Kier molecular flexibility index (Phi) is 5.63. The van der Waals surface area contributed by atoms with Crippen LogP contribution in [0.4, 0.5) is 15.8 Å². The Morgan fingerprint density at radius 1 is 1.03 bits per heavy atom. The topological polar surface area (TPSA) is 70.2 Å². The molecule has 0 aromatic heterocycles. The van der Waals surface area contributed by atoms with Gasteiger partial charge in [0, 0.05) is 31.7 Å². The van der Waals surface area contributed by atoms with Gasteiger partial charge in [-0.2, -0.15) is 0 Å². The predicted octanol–water partition coefficient (Wildman–Crippen LogP) is 2.49. The highest BCUT2D eigenvalue weighted by molar-refractivity contribution is 6.05. The number of carbonyl (C=O) groups excluding carboxylic acids is 3. The van der Waals surface area contributed by atoms with Crippen LogP contribution in [-0.2, 0) is 9.59 Å². The van der Waals surface area contributed by atoms with E-state index in [1.54, 1.807) is 48.2 Å². The van der Waals surface area contributed by atoms with Crippen LogP contribution in [-0.4, -0.2) is 61.3 Å². The first kappa shape index (κ1) is 20.8. The number of hydrogen-bond donors (Lipinski definition) is 0. The molecule has 0 spiro atoms. The Morgan fingerprint density at radius 2 is 1.74 bits per heavy atom. The number of hydrogen-bond acceptors (Lipinski definition) is 5. The average molecular weight is 425 g/mol. The molecule has 2 heterocycles. The zero-order chi connectivity index (χ0) is 22.1. The van der Waals surface area contributed by atoms with E-state index in [1.807, 2.05) is 4.90 Å². The largest absolute Gasteiger partial charge is 0.482 e. The van der Waals surface area contributed by atoms with Gasteiger partial charge in [0.1, 0.15) is 17.6 Å². The van der Waals surface area contributed by atoms with Crippen LogP contribution in [0.15, 0.2) is 42.5 Å². The number of ketones is 1. The minimum atomic E-state index is -0.752. The molecule has 162 valence electrons. The van der Waals surface area contributed by atoms with Crippen molar-refractivity contribution in [2.45, 2.75) is 19.9 Å². The second kappa shape index (κ2) is 8.37. The van der Waals surface area contributed by atoms with Gasteiger partial charge in [0.25, 0.3) is 5.91 Å². The van der Waals surface area contributed by atoms with Crippen LogP contribution in [0.5, 0.6) is 5.75 Å². The Balaban J connectivity index is 1.50. The van der Waals surface area contributed by atoms with Gasteiger partial charge in [-0.25, -0.2) is 4.39 Å². The first-order chi connectivity index (χ1) is 14.9. The zero-order valence-corrected chi connectivity index (χ0v) is 17.5. The minimum absolute atomic E-state index is 0.135. The molecule has 31 heavy (non-hydrogen) atoms. The van der Waals surface area contributed by atoms with Crippen molar-refractivity contribution in [1.82, 2.24) is 4.90 Å². The number of carbonyl (C=O) groups is 3. The van der Waals surface area contributed by atoms with Crippen LogP contribution in [0, 0.1) is 5.82 Å². The standard InChI is InChI=1S/C23H24FN3O4/c1-15(27-20-13-17(16(2)28)7-8-21(20)31-14-22(27)29)23(30)26-11-9-25(10-12-26)19-6-4-3-5-18(19)24/h3-8,13,15H,9-12,14H2,1-2H3. The number of anilines is 2. The van der Waals surface area contributed by atoms with Crippen molar-refractivity contribution in [3.63, 3.8) is 0 Å². The van der Waals surface area contributed by atoms with Gasteiger partial charge < -0.3 is 14.5 Å². The molecule has 8 heteroatoms. The van der Waals surface area contributed by atoms with Gasteiger partial charge in [-0.15, -0.1) is 0 Å². The van der Waals surface area contributed by atoms with E-state index in [9.17, 15) is 18.8 Å². The van der Waals surface area contributed by atoms with Gasteiger partial charge in [-0.1, -0.05) is 12.1 Å². The molecule has 7 nitrogen and oxygen atoms in total. The summed E-state index contributed by atoms with van der Waals surface area (Å²) in [5, 5.41) is 0. The number of para-hydroxylation sites is 1. The average Bonchev–Trinajstić information content (AvgIpc) is 2.78. The van der Waals surface area contributed by atoms with Crippen molar-refractivity contribution in [3.05, 3.63) is 53.8 Å². The summed E-state index contributed by atoms with van der Waals surface area (Å²) in [6.45, 7) is 4.82. The number of rotatable bonds is 4. The van der Waals surface area contributed by atoms with Gasteiger partial charge in [0.15, 0.2) is 12.4 Å². The second-order valence-electron chi connectivity index (χ2n) is 7.73. The normalized spacial score (nSPS) is 17.1. The SMILES string of the molecule is CC(=O)c1ccc2c(c1)N(C(C)C(=O)N1CCN(c3ccccc3F)CC1)C(=O)CO2. The summed E-state index contributed by atoms with van der Waals surface area (Å²) in [6, 6.07) is 10.7. The summed E-state index contributed by atoms with van der Waals surface area (Å²) in [4.78, 5) is 42.7. The van der Waals surface area contributed by atoms with Gasteiger partial charge in [0.05, 0.1) is 11.4 Å². The Hall–Kier alpha value is -3.42. The molecule has 2 amide bonds. The fourth-order valence-corrected chi connectivity index (χ4v) is 4.07. The van der Waals surface area contributed by atoms with Crippen molar-refractivity contribution in [1.29, 1.82) is 0 Å². The molecule has 2 aliphatic heterocycles. The van der Waals surface area contributed by atoms with Gasteiger partial charge >= 0.3 is 0 Å². The van der Waals surface area contributed by atoms with E-state index >= 15 is 0 Å². The minimum Gasteiger partial charge on any atom is -0.482 e. The van der Waals surface area contributed by atoms with Crippen molar-refractivity contribution in [2.75, 3.05) is 42.6 Å². The zero-order valence-electron chi connectivity index (χ0n) is 17.5. The van der Waals surface area contributed by atoms with Crippen LogP contribution >= 0.6 is 0 Å². The van der Waals surface area contributed by atoms with E-state index in [-0.39, 0.29) is 30.0 Å². The third kappa shape index (κ3) is 3.97. The highest BCUT2D eigenvalue weighted by atomic mass is 19.1. The molecule has 0 bridgehead atoms. The molecule has 0 saturated carbocycles. The maximum absolute atomic E-state index is 14.1. The number of halogens is 1. The van der Waals surface area contributed by atoms with Crippen LogP contribution in [0.1, 0.15) is 24.2 Å². The molecule has 0 N–H and O–H groups in total. The summed E-state index contributed by atoms with van der Waals surface area (Å²) >= 11 is 0. The predicted molar refractivity (Wildman–Crippen MR) is 114 cm³/mol. The van der Waals surface area contributed by atoms with Crippen molar-refractivity contribution < 1.29 is 23.5 Å². The fraction of sp³-hybridized carbons (Fsp3) is 0.348. The molecule has 1 atom stereocenters. The van der Waals surface area contributed by atoms with Crippen LogP contribution in [0.2, 0.25) is 0 Å². The molecule has 2 aromatic rings. The van der Waals surface area contributed by atoms with Crippen LogP contribution in [0.3, 0.4) is 0 Å². The Morgan fingerprint density at radius 3 is 2.42 bits per heavy atom. The maximum atomic E-state index is 14.1. The van der Waals surface area contributed by atoms with Gasteiger partial charge in [-0.05, 0) is 44.2 Å². The quantitative estimate of drug-likeness (QED) is 0.704. The first-order valence-electron chi connectivity index (χ1n) is 10.2. The Bertz CT molecular complexity index is 1030. The van der Waals surface area contributed by atoms with E-state index in [0.717, 1.165) is 0 Å². The van der Waals surface area contributed by atoms with E-state index < -0.39 is 6.04 Å². The number of piperazine rings is 1. The smallest absolute Gasteiger partial charge is 0.265 e. The summed E-state index contributed by atoms with van der Waals surface area (Å²) in [5.74, 6) is -0.480. The molecule has 2 aliphatic rings. The highest BCUT2D eigenvalue weighted by Crippen LogP contribution is 2.35. The molecule has 0 aliphatic carbocycles. The van der Waals surface area contributed by atoms with Crippen molar-refractivity contribution in [3.8, 4) is 5.75 Å². The van der Waals surface area contributed by atoms with Gasteiger partial charge in [0.2, 0.25) is 5.91 Å². The summed E-state index contributed by atoms with van der Waals surface area (Å²) in [5.41, 5.74) is 1.40. The summed E-state index contributed by atoms with van der Waals surface area (Å²) < 4.78 is 19.6. The van der Waals surface area contributed by atoms with E-state index in [0.29, 0.717) is 48.9 Å². The molecule has 0 radical (unpaired) electrons. The fourth-order valence-electron chi connectivity index (χ4n) is 4.07. The maximum Gasteiger partial charge on any atom is 0.265 e. The number of benzene rings is 2. The Labute approximate surface area is 180 Å². The summed E-state index contributed by atoms with van der Waals surface area (Å²) in [6.07, 6.45) is 0. The number of amides is 2. The monoisotopic (exact) mass is 425 g/mol. The van der Waals surface area contributed by atoms with E-state index in [4.69, 9.17) is 4.74 Å². The number of ether oxygens (including phenoxy) is 1. The number of nitrogens with zero attached hydrogens (tertiary/aromatic N) is 3. The highest BCUT2D eigenvalue weighted by Gasteiger charge is 2.36. The molecule has 1 saturated heterocycles. The lowest BCUT2D eigenvalue weighted by molar-refractivity contribution is -0.135. The molecule has 1 fully saturated rings. The summed E-state index contributed by atoms with van der Waals surface area (Å²) in [7, 11) is 0. The third-order valence-corrected chi connectivity index (χ3v) is 5.77. The lowest BCUT2D eigenvalue weighted by Gasteiger charge is -2.40. The lowest BCUT2D eigenvalue weighted by Crippen LogP contribution is -2.56. The van der Waals surface area contributed by atoms with E-state index in [2.05, 4.69) is 0 Å². The lowest BCUT2D eigenvalue weighted by atomic mass is 10.1. The molecule has 2 aromatic carbocycles. The molecular formula is C23H24FN3O4. The van der Waals surface area contributed by atoms with Crippen LogP contribution < -0.4 is 14.5 Å². The number of Topliss-reactive ketones (excluding diaryl/α,β-unsaturated/α-hetero) is 1. The van der Waals surface area contributed by atoms with Crippen LogP contribution in [0.25, 0.3) is 0 Å². The van der Waals surface area contributed by atoms with E-state index in [1.165, 1.54) is 17.9 Å².